The Hall–Kier alpha value is -2.87. The normalized spacial score (nSPS) is 11.6. The standard InChI is InChI=1S/C24H24O2/c1-5-26-24(25)21-10-7-19(8-11-21)14-17(3)22-13-12-20-9-6-16(2)18(4)23(20)15-22/h6-15H,5H2,1-4H3/b17-14+. The van der Waals surface area contributed by atoms with Crippen molar-refractivity contribution in [2.24, 2.45) is 0 Å². The summed E-state index contributed by atoms with van der Waals surface area (Å²) in [5.41, 5.74) is 6.69. The summed E-state index contributed by atoms with van der Waals surface area (Å²) < 4.78 is 5.03. The summed E-state index contributed by atoms with van der Waals surface area (Å²) in [7, 11) is 0. The Morgan fingerprint density at radius 3 is 2.31 bits per heavy atom. The molecule has 0 bridgehead atoms. The van der Waals surface area contributed by atoms with Crippen LogP contribution in [0.4, 0.5) is 0 Å². The number of rotatable bonds is 4. The van der Waals surface area contributed by atoms with Crippen molar-refractivity contribution in [3.05, 3.63) is 82.4 Å². The third-order valence-corrected chi connectivity index (χ3v) is 4.82. The molecule has 2 nitrogen and oxygen atoms in total. The second-order valence-electron chi connectivity index (χ2n) is 6.61. The highest BCUT2D eigenvalue weighted by Gasteiger charge is 2.06. The van der Waals surface area contributed by atoms with E-state index in [1.807, 2.05) is 31.2 Å². The second-order valence-corrected chi connectivity index (χ2v) is 6.61. The van der Waals surface area contributed by atoms with E-state index in [1.54, 1.807) is 0 Å². The molecule has 3 aromatic carbocycles. The minimum Gasteiger partial charge on any atom is -0.462 e. The molecule has 0 fully saturated rings. The molecule has 0 aliphatic carbocycles. The minimum absolute atomic E-state index is 0.278. The number of carbonyl (C=O) groups is 1. The van der Waals surface area contributed by atoms with Gasteiger partial charge in [-0.3, -0.25) is 0 Å². The van der Waals surface area contributed by atoms with E-state index >= 15 is 0 Å². The fourth-order valence-corrected chi connectivity index (χ4v) is 3.09. The first-order valence-electron chi connectivity index (χ1n) is 8.95. The molecule has 2 heteroatoms. The van der Waals surface area contributed by atoms with Crippen LogP contribution in [0.5, 0.6) is 0 Å². The summed E-state index contributed by atoms with van der Waals surface area (Å²) in [5, 5.41) is 2.57. The lowest BCUT2D eigenvalue weighted by Gasteiger charge is -2.09. The largest absolute Gasteiger partial charge is 0.462 e. The molecule has 0 N–H and O–H groups in total. The monoisotopic (exact) mass is 344 g/mol. The molecule has 3 aromatic rings. The zero-order chi connectivity index (χ0) is 18.7. The molecule has 132 valence electrons. The van der Waals surface area contributed by atoms with Crippen LogP contribution in [-0.2, 0) is 4.74 Å². The Kier molecular flexibility index (Phi) is 5.22. The number of carbonyl (C=O) groups excluding carboxylic acids is 1. The Morgan fingerprint density at radius 2 is 1.62 bits per heavy atom. The number of fused-ring (bicyclic) bond motifs is 1. The number of aryl methyl sites for hydroxylation is 2. The van der Waals surface area contributed by atoms with Crippen LogP contribution in [0.1, 0.15) is 46.5 Å². The van der Waals surface area contributed by atoms with Gasteiger partial charge in [0.15, 0.2) is 0 Å². The summed E-state index contributed by atoms with van der Waals surface area (Å²) >= 11 is 0. The molecule has 3 rings (SSSR count). The van der Waals surface area contributed by atoms with Crippen LogP contribution < -0.4 is 0 Å². The summed E-state index contributed by atoms with van der Waals surface area (Å²) in [6.45, 7) is 8.64. The van der Waals surface area contributed by atoms with Crippen molar-refractivity contribution < 1.29 is 9.53 Å². The van der Waals surface area contributed by atoms with E-state index < -0.39 is 0 Å². The maximum atomic E-state index is 11.7. The highest BCUT2D eigenvalue weighted by molar-refractivity contribution is 5.92. The topological polar surface area (TPSA) is 26.3 Å². The first kappa shape index (κ1) is 17.9. The summed E-state index contributed by atoms with van der Waals surface area (Å²) in [4.78, 5) is 11.7. The van der Waals surface area contributed by atoms with E-state index in [4.69, 9.17) is 4.74 Å². The van der Waals surface area contributed by atoms with Gasteiger partial charge in [0.2, 0.25) is 0 Å². The summed E-state index contributed by atoms with van der Waals surface area (Å²) in [5.74, 6) is -0.278. The third-order valence-electron chi connectivity index (χ3n) is 4.82. The van der Waals surface area contributed by atoms with Crippen LogP contribution in [0.2, 0.25) is 0 Å². The quantitative estimate of drug-likeness (QED) is 0.416. The lowest BCUT2D eigenvalue weighted by molar-refractivity contribution is 0.0526. The molecule has 0 aliphatic rings. The predicted molar refractivity (Wildman–Crippen MR) is 109 cm³/mol. The van der Waals surface area contributed by atoms with E-state index in [-0.39, 0.29) is 5.97 Å². The zero-order valence-electron chi connectivity index (χ0n) is 15.8. The molecule has 26 heavy (non-hydrogen) atoms. The van der Waals surface area contributed by atoms with E-state index in [0.717, 1.165) is 5.56 Å². The van der Waals surface area contributed by atoms with Gasteiger partial charge < -0.3 is 4.74 Å². The van der Waals surface area contributed by atoms with Gasteiger partial charge in [0.1, 0.15) is 0 Å². The lowest BCUT2D eigenvalue weighted by atomic mass is 9.96. The van der Waals surface area contributed by atoms with Crippen LogP contribution in [0.3, 0.4) is 0 Å². The summed E-state index contributed by atoms with van der Waals surface area (Å²) in [6.07, 6.45) is 2.14. The fourth-order valence-electron chi connectivity index (χ4n) is 3.09. The summed E-state index contributed by atoms with van der Waals surface area (Å²) in [6, 6.07) is 18.5. The maximum Gasteiger partial charge on any atom is 0.338 e. The average Bonchev–Trinajstić information content (AvgIpc) is 2.65. The molecular formula is C24H24O2. The van der Waals surface area contributed by atoms with Gasteiger partial charge in [-0.2, -0.15) is 0 Å². The zero-order valence-corrected chi connectivity index (χ0v) is 15.8. The van der Waals surface area contributed by atoms with Crippen molar-refractivity contribution in [1.29, 1.82) is 0 Å². The van der Waals surface area contributed by atoms with Crippen molar-refractivity contribution in [3.8, 4) is 0 Å². The van der Waals surface area contributed by atoms with Crippen molar-refractivity contribution in [3.63, 3.8) is 0 Å². The molecule has 0 saturated carbocycles. The third kappa shape index (κ3) is 3.70. The van der Waals surface area contributed by atoms with Gasteiger partial charge in [-0.05, 0) is 84.5 Å². The molecule has 0 radical (unpaired) electrons. The average molecular weight is 344 g/mol. The number of ether oxygens (including phenoxy) is 1. The molecule has 0 aromatic heterocycles. The van der Waals surface area contributed by atoms with Gasteiger partial charge in [0.05, 0.1) is 12.2 Å². The molecule has 0 heterocycles. The molecule has 0 saturated heterocycles. The van der Waals surface area contributed by atoms with Crippen molar-refractivity contribution >= 4 is 28.4 Å². The Balaban J connectivity index is 1.91. The number of esters is 1. The van der Waals surface area contributed by atoms with E-state index in [2.05, 4.69) is 57.2 Å². The van der Waals surface area contributed by atoms with E-state index in [1.165, 1.54) is 33.0 Å². The van der Waals surface area contributed by atoms with Gasteiger partial charge in [0, 0.05) is 0 Å². The highest BCUT2D eigenvalue weighted by Crippen LogP contribution is 2.26. The van der Waals surface area contributed by atoms with Crippen molar-refractivity contribution in [1.82, 2.24) is 0 Å². The van der Waals surface area contributed by atoms with Gasteiger partial charge in [-0.15, -0.1) is 0 Å². The van der Waals surface area contributed by atoms with Crippen molar-refractivity contribution in [2.75, 3.05) is 6.61 Å². The Morgan fingerprint density at radius 1 is 0.962 bits per heavy atom. The second kappa shape index (κ2) is 7.57. The maximum absolute atomic E-state index is 11.7. The van der Waals surface area contributed by atoms with E-state index in [9.17, 15) is 4.79 Å². The molecular weight excluding hydrogens is 320 g/mol. The molecule has 0 aliphatic heterocycles. The molecule has 0 atom stereocenters. The van der Waals surface area contributed by atoms with Crippen molar-refractivity contribution in [2.45, 2.75) is 27.7 Å². The molecule has 0 unspecified atom stereocenters. The van der Waals surface area contributed by atoms with E-state index in [0.29, 0.717) is 12.2 Å². The van der Waals surface area contributed by atoms with Crippen LogP contribution in [-0.4, -0.2) is 12.6 Å². The lowest BCUT2D eigenvalue weighted by Crippen LogP contribution is -2.03. The first-order chi connectivity index (χ1) is 12.5. The van der Waals surface area contributed by atoms with Crippen LogP contribution >= 0.6 is 0 Å². The van der Waals surface area contributed by atoms with Gasteiger partial charge >= 0.3 is 5.97 Å². The smallest absolute Gasteiger partial charge is 0.338 e. The SMILES string of the molecule is CCOC(=O)c1ccc(/C=C(\C)c2ccc3ccc(C)c(C)c3c2)cc1. The first-order valence-corrected chi connectivity index (χ1v) is 8.95. The fraction of sp³-hybridized carbons (Fsp3) is 0.208. The van der Waals surface area contributed by atoms with Gasteiger partial charge in [-0.25, -0.2) is 4.79 Å². The Labute approximate surface area is 155 Å². The number of benzene rings is 3. The van der Waals surface area contributed by atoms with Crippen LogP contribution in [0.25, 0.3) is 22.4 Å². The molecule has 0 spiro atoms. The van der Waals surface area contributed by atoms with Gasteiger partial charge in [0.25, 0.3) is 0 Å². The van der Waals surface area contributed by atoms with Gasteiger partial charge in [-0.1, -0.05) is 42.5 Å². The van der Waals surface area contributed by atoms with Crippen LogP contribution in [0, 0.1) is 13.8 Å². The number of allylic oxidation sites excluding steroid dienone is 1. The Bertz CT molecular complexity index is 979. The molecule has 0 amide bonds. The van der Waals surface area contributed by atoms with Crippen LogP contribution in [0.15, 0.2) is 54.6 Å². The highest BCUT2D eigenvalue weighted by atomic mass is 16.5. The minimum atomic E-state index is -0.278. The predicted octanol–water partition coefficient (Wildman–Crippen LogP) is 6.19. The number of hydrogen-bond acceptors (Lipinski definition) is 2. The number of hydrogen-bond donors (Lipinski definition) is 0.